The first-order valence-electron chi connectivity index (χ1n) is 9.21. The summed E-state index contributed by atoms with van der Waals surface area (Å²) in [5, 5.41) is 16.7. The second kappa shape index (κ2) is 11.9. The number of hydrogen-bond acceptors (Lipinski definition) is 6. The lowest BCUT2D eigenvalue weighted by atomic mass is 10.1. The largest absolute Gasteiger partial charge is 0.494 e. The summed E-state index contributed by atoms with van der Waals surface area (Å²) < 4.78 is 32.9. The number of nitrogens with two attached hydrogens (primary N) is 1. The van der Waals surface area contributed by atoms with Gasteiger partial charge in [-0.1, -0.05) is 35.3 Å². The molecule has 0 amide bonds. The van der Waals surface area contributed by atoms with Crippen molar-refractivity contribution in [1.29, 1.82) is 5.41 Å². The Morgan fingerprint density at radius 2 is 1.75 bits per heavy atom. The van der Waals surface area contributed by atoms with Crippen LogP contribution in [0.5, 0.6) is 5.75 Å². The first kappa shape index (κ1) is 25.7. The van der Waals surface area contributed by atoms with Crippen LogP contribution in [0.1, 0.15) is 12.0 Å². The minimum atomic E-state index is -4.17. The van der Waals surface area contributed by atoms with E-state index in [1.54, 1.807) is 24.3 Å². The summed E-state index contributed by atoms with van der Waals surface area (Å²) in [7, 11) is -4.17. The van der Waals surface area contributed by atoms with Gasteiger partial charge in [-0.25, -0.2) is 13.9 Å². The van der Waals surface area contributed by atoms with Crippen molar-refractivity contribution in [3.8, 4) is 5.75 Å². The lowest BCUT2D eigenvalue weighted by molar-refractivity contribution is -0.138. The third-order valence-corrected chi connectivity index (χ3v) is 5.83. The number of nitrogens with one attached hydrogen (secondary N) is 3. The molecule has 0 bridgehead atoms. The Morgan fingerprint density at radius 1 is 1.12 bits per heavy atom. The van der Waals surface area contributed by atoms with E-state index in [0.29, 0.717) is 24.3 Å². The molecule has 13 heteroatoms. The van der Waals surface area contributed by atoms with E-state index < -0.39 is 22.0 Å². The van der Waals surface area contributed by atoms with E-state index in [0.717, 1.165) is 0 Å². The molecule has 0 aliphatic rings. The van der Waals surface area contributed by atoms with Crippen LogP contribution in [-0.2, 0) is 26.1 Å². The predicted molar refractivity (Wildman–Crippen MR) is 119 cm³/mol. The van der Waals surface area contributed by atoms with Gasteiger partial charge in [0.1, 0.15) is 11.8 Å². The van der Waals surface area contributed by atoms with Crippen molar-refractivity contribution in [1.82, 2.24) is 10.2 Å². The average Bonchev–Trinajstić information content (AvgIpc) is 2.70. The minimum absolute atomic E-state index is 0.0896. The zero-order valence-electron chi connectivity index (χ0n) is 16.7. The number of sulfonamides is 1. The van der Waals surface area contributed by atoms with Gasteiger partial charge in [-0.2, -0.15) is 4.72 Å². The molecule has 0 radical (unpaired) electrons. The van der Waals surface area contributed by atoms with Crippen molar-refractivity contribution in [2.45, 2.75) is 23.8 Å². The van der Waals surface area contributed by atoms with Gasteiger partial charge in [-0.15, -0.1) is 0 Å². The van der Waals surface area contributed by atoms with E-state index >= 15 is 0 Å². The van der Waals surface area contributed by atoms with Gasteiger partial charge in [-0.05, 0) is 42.3 Å². The number of carbonyl (C=O) groups is 1. The van der Waals surface area contributed by atoms with Gasteiger partial charge in [0.25, 0.3) is 0 Å². The Hall–Kier alpha value is -2.57. The molecule has 1 atom stereocenters. The number of ether oxygens (including phenoxy) is 1. The van der Waals surface area contributed by atoms with Gasteiger partial charge >= 0.3 is 5.97 Å². The number of benzene rings is 2. The van der Waals surface area contributed by atoms with Gasteiger partial charge < -0.3 is 15.6 Å². The van der Waals surface area contributed by atoms with Crippen LogP contribution in [0, 0.1) is 5.41 Å². The summed E-state index contributed by atoms with van der Waals surface area (Å²) in [6, 6.07) is 8.91. The van der Waals surface area contributed by atoms with E-state index in [4.69, 9.17) is 43.9 Å². The van der Waals surface area contributed by atoms with Crippen LogP contribution in [0.4, 0.5) is 0 Å². The van der Waals surface area contributed by atoms with Crippen LogP contribution in [-0.4, -0.2) is 44.7 Å². The monoisotopic (exact) mass is 504 g/mol. The number of carboxylic acid groups (broad SMARTS) is 1. The van der Waals surface area contributed by atoms with Crippen LogP contribution in [0.3, 0.4) is 0 Å². The van der Waals surface area contributed by atoms with E-state index in [9.17, 15) is 18.3 Å². The van der Waals surface area contributed by atoms with Gasteiger partial charge in [0.2, 0.25) is 16.0 Å². The van der Waals surface area contributed by atoms with Crippen LogP contribution in [0.2, 0.25) is 10.0 Å². The van der Waals surface area contributed by atoms with E-state index in [-0.39, 0.29) is 33.9 Å². The highest BCUT2D eigenvalue weighted by Gasteiger charge is 2.26. The van der Waals surface area contributed by atoms with Crippen molar-refractivity contribution in [3.05, 3.63) is 58.1 Å². The number of guanidine groups is 1. The summed E-state index contributed by atoms with van der Waals surface area (Å²) in [6.07, 6.45) is 0.451. The van der Waals surface area contributed by atoms with Crippen LogP contribution >= 0.6 is 23.2 Å². The Morgan fingerprint density at radius 3 is 2.31 bits per heavy atom. The number of rotatable bonds is 12. The van der Waals surface area contributed by atoms with Crippen LogP contribution in [0.15, 0.2) is 47.4 Å². The minimum Gasteiger partial charge on any atom is -0.494 e. The van der Waals surface area contributed by atoms with Crippen molar-refractivity contribution < 1.29 is 27.9 Å². The zero-order valence-corrected chi connectivity index (χ0v) is 19.0. The Labute approximate surface area is 195 Å². The number of carboxylic acids is 1. The smallest absolute Gasteiger partial charge is 0.322 e. The Balaban J connectivity index is 1.95. The van der Waals surface area contributed by atoms with Gasteiger partial charge in [0.05, 0.1) is 18.1 Å². The molecule has 6 N–H and O–H groups in total. The highest BCUT2D eigenvalue weighted by atomic mass is 35.5. The fourth-order valence-electron chi connectivity index (χ4n) is 2.53. The summed E-state index contributed by atoms with van der Waals surface area (Å²) >= 11 is 11.7. The van der Waals surface area contributed by atoms with E-state index in [1.165, 1.54) is 18.2 Å². The van der Waals surface area contributed by atoms with Gasteiger partial charge in [0, 0.05) is 16.5 Å². The summed E-state index contributed by atoms with van der Waals surface area (Å²) in [4.78, 5) is 16.3. The highest BCUT2D eigenvalue weighted by Crippen LogP contribution is 2.23. The SMILES string of the molecule is N=C(N)NOCCCOc1ccc(C[C@H](NS(=O)(=O)c2cc(Cl)cc(Cl)c2)C(=O)O)cc1. The fraction of sp³-hybridized carbons (Fsp3) is 0.263. The van der Waals surface area contributed by atoms with Crippen LogP contribution in [0.25, 0.3) is 0 Å². The van der Waals surface area contributed by atoms with Crippen molar-refractivity contribution in [2.24, 2.45) is 5.73 Å². The van der Waals surface area contributed by atoms with Crippen molar-refractivity contribution in [3.63, 3.8) is 0 Å². The molecule has 0 unspecified atom stereocenters. The molecule has 0 aromatic heterocycles. The Bertz CT molecular complexity index is 1030. The van der Waals surface area contributed by atoms with Crippen molar-refractivity contribution in [2.75, 3.05) is 13.2 Å². The molecule has 0 saturated carbocycles. The number of hydroxylamine groups is 1. The maximum atomic E-state index is 12.6. The molecular formula is C19H22Cl2N4O6S. The van der Waals surface area contributed by atoms with E-state index in [1.807, 2.05) is 0 Å². The molecule has 32 heavy (non-hydrogen) atoms. The molecule has 0 aliphatic heterocycles. The average molecular weight is 505 g/mol. The highest BCUT2D eigenvalue weighted by molar-refractivity contribution is 7.89. The van der Waals surface area contributed by atoms with Crippen LogP contribution < -0.4 is 20.7 Å². The molecular weight excluding hydrogens is 483 g/mol. The molecule has 0 spiro atoms. The van der Waals surface area contributed by atoms with Gasteiger partial charge in [-0.3, -0.25) is 15.0 Å². The lowest BCUT2D eigenvalue weighted by Crippen LogP contribution is -2.42. The second-order valence-electron chi connectivity index (χ2n) is 6.53. The molecule has 10 nitrogen and oxygen atoms in total. The normalized spacial score (nSPS) is 12.2. The third kappa shape index (κ3) is 8.52. The van der Waals surface area contributed by atoms with Crippen molar-refractivity contribution >= 4 is 45.2 Å². The van der Waals surface area contributed by atoms with Gasteiger partial charge in [0.15, 0.2) is 0 Å². The summed E-state index contributed by atoms with van der Waals surface area (Å²) in [5.74, 6) is -1.07. The first-order chi connectivity index (χ1) is 15.1. The topological polar surface area (TPSA) is 164 Å². The standard InChI is InChI=1S/C19H22Cl2N4O6S/c20-13-9-14(21)11-16(10-13)32(28,29)25-17(18(26)27)8-12-2-4-15(5-3-12)30-6-1-7-31-24-19(22)23/h2-5,9-11,17,25H,1,6-8H2,(H,26,27)(H4,22,23,24)/t17-/m0/s1. The third-order valence-electron chi connectivity index (χ3n) is 3.95. The molecule has 0 heterocycles. The molecule has 0 aliphatic carbocycles. The van der Waals surface area contributed by atoms with E-state index in [2.05, 4.69) is 10.2 Å². The molecule has 2 rings (SSSR count). The number of halogens is 2. The predicted octanol–water partition coefficient (Wildman–Crippen LogP) is 2.15. The number of aliphatic carboxylic acids is 1. The quantitative estimate of drug-likeness (QED) is 0.127. The summed E-state index contributed by atoms with van der Waals surface area (Å²) in [5.41, 5.74) is 7.87. The molecule has 174 valence electrons. The maximum absolute atomic E-state index is 12.6. The molecule has 2 aromatic carbocycles. The zero-order chi connectivity index (χ0) is 23.7. The molecule has 0 fully saturated rings. The second-order valence-corrected chi connectivity index (χ2v) is 9.12. The fourth-order valence-corrected chi connectivity index (χ4v) is 4.44. The lowest BCUT2D eigenvalue weighted by Gasteiger charge is -2.16. The summed E-state index contributed by atoms with van der Waals surface area (Å²) in [6.45, 7) is 0.634. The molecule has 2 aromatic rings. The number of hydrogen-bond donors (Lipinski definition) is 5. The maximum Gasteiger partial charge on any atom is 0.322 e. The Kier molecular flexibility index (Phi) is 9.54. The first-order valence-corrected chi connectivity index (χ1v) is 11.5. The molecule has 0 saturated heterocycles.